The van der Waals surface area contributed by atoms with Crippen LogP contribution in [0.1, 0.15) is 5.56 Å². The van der Waals surface area contributed by atoms with E-state index in [0.29, 0.717) is 16.9 Å². The van der Waals surface area contributed by atoms with Crippen molar-refractivity contribution in [2.24, 2.45) is 0 Å². The first kappa shape index (κ1) is 16.8. The molecule has 0 saturated carbocycles. The van der Waals surface area contributed by atoms with E-state index >= 15 is 0 Å². The van der Waals surface area contributed by atoms with Crippen LogP contribution >= 0.6 is 0 Å². The van der Waals surface area contributed by atoms with Crippen molar-refractivity contribution in [1.82, 2.24) is 5.32 Å². The van der Waals surface area contributed by atoms with Crippen LogP contribution in [0, 0.1) is 0 Å². The molecule has 0 heterocycles. The van der Waals surface area contributed by atoms with Gasteiger partial charge >= 0.3 is 6.09 Å². The zero-order valence-electron chi connectivity index (χ0n) is 11.7. The normalized spacial score (nSPS) is 11.0. The number of carbonyl (C=O) groups excluding carboxylic acids is 1. The summed E-state index contributed by atoms with van der Waals surface area (Å²) in [4.78, 5) is 23.4. The standard InChI is InChI=1S/C12H17N3O5S/c1-15(11(16)6-14-12(17)18)10-4-3-9(13)5-8(10)7-21(2,19)20/h3-5,14H,6-7,13H2,1-2H3,(H,17,18). The van der Waals surface area contributed by atoms with E-state index in [1.165, 1.54) is 30.1 Å². The number of nitrogens with two attached hydrogens (primary N) is 1. The maximum Gasteiger partial charge on any atom is 0.405 e. The van der Waals surface area contributed by atoms with Gasteiger partial charge in [0.2, 0.25) is 5.91 Å². The molecule has 1 aromatic carbocycles. The molecule has 0 aliphatic rings. The number of nitrogens with zero attached hydrogens (tertiary/aromatic N) is 1. The van der Waals surface area contributed by atoms with Crippen molar-refractivity contribution >= 4 is 33.2 Å². The molecule has 0 aliphatic heterocycles. The Morgan fingerprint density at radius 1 is 1.38 bits per heavy atom. The van der Waals surface area contributed by atoms with Crippen molar-refractivity contribution in [3.05, 3.63) is 23.8 Å². The van der Waals surface area contributed by atoms with E-state index in [1.54, 1.807) is 0 Å². The zero-order valence-corrected chi connectivity index (χ0v) is 12.5. The molecule has 0 atom stereocenters. The number of nitrogen functional groups attached to an aromatic ring is 1. The molecular formula is C12H17N3O5S. The highest BCUT2D eigenvalue weighted by Gasteiger charge is 2.17. The Bertz CT molecular complexity index is 657. The largest absolute Gasteiger partial charge is 0.465 e. The molecule has 116 valence electrons. The molecule has 0 saturated heterocycles. The van der Waals surface area contributed by atoms with Crippen LogP contribution in [0.3, 0.4) is 0 Å². The second-order valence-corrected chi connectivity index (χ2v) is 6.71. The van der Waals surface area contributed by atoms with E-state index in [0.717, 1.165) is 6.26 Å². The Kier molecular flexibility index (Phi) is 5.14. The number of nitrogens with one attached hydrogen (secondary N) is 1. The summed E-state index contributed by atoms with van der Waals surface area (Å²) >= 11 is 0. The Morgan fingerprint density at radius 3 is 2.52 bits per heavy atom. The maximum atomic E-state index is 11.9. The Labute approximate surface area is 122 Å². The van der Waals surface area contributed by atoms with Crippen LogP contribution in [0.5, 0.6) is 0 Å². The van der Waals surface area contributed by atoms with Crippen molar-refractivity contribution in [2.75, 3.05) is 30.5 Å². The number of benzene rings is 1. The molecule has 0 radical (unpaired) electrons. The van der Waals surface area contributed by atoms with E-state index in [9.17, 15) is 18.0 Å². The van der Waals surface area contributed by atoms with Crippen molar-refractivity contribution < 1.29 is 23.1 Å². The lowest BCUT2D eigenvalue weighted by Gasteiger charge is -2.21. The first-order valence-corrected chi connectivity index (χ1v) is 7.95. The van der Waals surface area contributed by atoms with E-state index in [1.807, 2.05) is 5.32 Å². The van der Waals surface area contributed by atoms with Gasteiger partial charge in [-0.15, -0.1) is 0 Å². The molecular weight excluding hydrogens is 298 g/mol. The summed E-state index contributed by atoms with van der Waals surface area (Å²) in [5, 5.41) is 10.4. The van der Waals surface area contributed by atoms with Gasteiger partial charge in [0, 0.05) is 24.7 Å². The Morgan fingerprint density at radius 2 is 2.00 bits per heavy atom. The van der Waals surface area contributed by atoms with E-state index in [4.69, 9.17) is 10.8 Å². The predicted octanol–water partition coefficient (Wildman–Crippen LogP) is 0.0438. The molecule has 1 rings (SSSR count). The third kappa shape index (κ3) is 5.30. The molecule has 0 fully saturated rings. The number of carbonyl (C=O) groups is 2. The van der Waals surface area contributed by atoms with E-state index in [2.05, 4.69) is 0 Å². The second-order valence-electron chi connectivity index (χ2n) is 4.57. The van der Waals surface area contributed by atoms with Gasteiger partial charge in [0.15, 0.2) is 9.84 Å². The number of likely N-dealkylation sites (N-methyl/N-ethyl adjacent to an activating group) is 1. The van der Waals surface area contributed by atoms with Gasteiger partial charge in [-0.05, 0) is 23.8 Å². The van der Waals surface area contributed by atoms with Crippen molar-refractivity contribution in [1.29, 1.82) is 0 Å². The quantitative estimate of drug-likeness (QED) is 0.658. The summed E-state index contributed by atoms with van der Waals surface area (Å²) in [6.45, 7) is -0.408. The Balaban J connectivity index is 3.05. The highest BCUT2D eigenvalue weighted by atomic mass is 32.2. The summed E-state index contributed by atoms with van der Waals surface area (Å²) in [6, 6.07) is 4.54. The fraction of sp³-hybridized carbons (Fsp3) is 0.333. The molecule has 0 spiro atoms. The molecule has 0 aromatic heterocycles. The minimum Gasteiger partial charge on any atom is -0.465 e. The van der Waals surface area contributed by atoms with Gasteiger partial charge in [-0.1, -0.05) is 0 Å². The summed E-state index contributed by atoms with van der Waals surface area (Å²) < 4.78 is 22.9. The lowest BCUT2D eigenvalue weighted by molar-refractivity contribution is -0.117. The van der Waals surface area contributed by atoms with Gasteiger partial charge in [0.25, 0.3) is 0 Å². The van der Waals surface area contributed by atoms with Crippen LogP contribution < -0.4 is 16.0 Å². The van der Waals surface area contributed by atoms with Crippen LogP contribution in [-0.2, 0) is 20.4 Å². The van der Waals surface area contributed by atoms with Crippen molar-refractivity contribution in [3.63, 3.8) is 0 Å². The monoisotopic (exact) mass is 315 g/mol. The molecule has 0 aliphatic carbocycles. The minimum atomic E-state index is -3.30. The number of sulfone groups is 1. The molecule has 2 amide bonds. The molecule has 1 aromatic rings. The van der Waals surface area contributed by atoms with Gasteiger partial charge in [0.1, 0.15) is 6.54 Å². The number of hydrogen-bond donors (Lipinski definition) is 3. The molecule has 8 nitrogen and oxygen atoms in total. The smallest absolute Gasteiger partial charge is 0.405 e. The number of amides is 2. The summed E-state index contributed by atoms with van der Waals surface area (Å²) in [5.41, 5.74) is 6.76. The first-order chi connectivity index (χ1) is 9.60. The maximum absolute atomic E-state index is 11.9. The third-order valence-electron chi connectivity index (χ3n) is 2.65. The lowest BCUT2D eigenvalue weighted by atomic mass is 10.1. The van der Waals surface area contributed by atoms with Crippen LogP contribution in [-0.4, -0.2) is 45.4 Å². The second kappa shape index (κ2) is 6.44. The van der Waals surface area contributed by atoms with Gasteiger partial charge in [0.05, 0.1) is 5.75 Å². The average molecular weight is 315 g/mol. The fourth-order valence-corrected chi connectivity index (χ4v) is 2.53. The molecule has 4 N–H and O–H groups in total. The number of anilines is 2. The molecule has 0 bridgehead atoms. The zero-order chi connectivity index (χ0) is 16.2. The van der Waals surface area contributed by atoms with Gasteiger partial charge in [-0.2, -0.15) is 0 Å². The number of carboxylic acid groups (broad SMARTS) is 1. The van der Waals surface area contributed by atoms with Crippen LogP contribution in [0.4, 0.5) is 16.2 Å². The third-order valence-corrected chi connectivity index (χ3v) is 3.48. The van der Waals surface area contributed by atoms with Crippen LogP contribution in [0.2, 0.25) is 0 Å². The van der Waals surface area contributed by atoms with Crippen molar-refractivity contribution in [3.8, 4) is 0 Å². The Hall–Kier alpha value is -2.29. The minimum absolute atomic E-state index is 0.267. The first-order valence-electron chi connectivity index (χ1n) is 5.89. The van der Waals surface area contributed by atoms with E-state index < -0.39 is 28.4 Å². The highest BCUT2D eigenvalue weighted by molar-refractivity contribution is 7.89. The predicted molar refractivity (Wildman–Crippen MR) is 78.8 cm³/mol. The molecule has 21 heavy (non-hydrogen) atoms. The SMILES string of the molecule is CN(C(=O)CNC(=O)O)c1ccc(N)cc1CS(C)(=O)=O. The van der Waals surface area contributed by atoms with Gasteiger partial charge in [-0.25, -0.2) is 13.2 Å². The van der Waals surface area contributed by atoms with Crippen LogP contribution in [0.25, 0.3) is 0 Å². The number of rotatable bonds is 5. The van der Waals surface area contributed by atoms with E-state index in [-0.39, 0.29) is 5.75 Å². The summed E-state index contributed by atoms with van der Waals surface area (Å²) in [6.07, 6.45) is -0.237. The fourth-order valence-electron chi connectivity index (χ4n) is 1.73. The topological polar surface area (TPSA) is 130 Å². The molecule has 0 unspecified atom stereocenters. The summed E-state index contributed by atoms with van der Waals surface area (Å²) in [5.74, 6) is -0.783. The lowest BCUT2D eigenvalue weighted by Crippen LogP contribution is -2.38. The van der Waals surface area contributed by atoms with Crippen LogP contribution in [0.15, 0.2) is 18.2 Å². The average Bonchev–Trinajstić information content (AvgIpc) is 2.33. The van der Waals surface area contributed by atoms with Gasteiger partial charge in [-0.3, -0.25) is 4.79 Å². The molecule has 9 heteroatoms. The number of hydrogen-bond acceptors (Lipinski definition) is 5. The highest BCUT2D eigenvalue weighted by Crippen LogP contribution is 2.24. The van der Waals surface area contributed by atoms with Gasteiger partial charge < -0.3 is 21.1 Å². The summed E-state index contributed by atoms with van der Waals surface area (Å²) in [7, 11) is -1.87. The van der Waals surface area contributed by atoms with Crippen molar-refractivity contribution in [2.45, 2.75) is 5.75 Å².